The highest BCUT2D eigenvalue weighted by molar-refractivity contribution is 6.33. The van der Waals surface area contributed by atoms with Crippen molar-refractivity contribution in [1.82, 2.24) is 10.3 Å². The zero-order valence-corrected chi connectivity index (χ0v) is 13.3. The molecule has 1 unspecified atom stereocenters. The number of nitrogens with one attached hydrogen (secondary N) is 1. The van der Waals surface area contributed by atoms with Crippen molar-refractivity contribution in [3.63, 3.8) is 0 Å². The van der Waals surface area contributed by atoms with Crippen LogP contribution in [0, 0.1) is 5.92 Å². The van der Waals surface area contributed by atoms with Crippen molar-refractivity contribution < 1.29 is 4.74 Å². The van der Waals surface area contributed by atoms with Crippen molar-refractivity contribution in [2.24, 2.45) is 5.92 Å². The van der Waals surface area contributed by atoms with Gasteiger partial charge in [0.1, 0.15) is 5.82 Å². The van der Waals surface area contributed by atoms with Gasteiger partial charge < -0.3 is 15.0 Å². The van der Waals surface area contributed by atoms with E-state index in [-0.39, 0.29) is 6.10 Å². The van der Waals surface area contributed by atoms with Crippen LogP contribution >= 0.6 is 11.6 Å². The molecular formula is C15H24ClN3O. The fourth-order valence-corrected chi connectivity index (χ4v) is 2.62. The summed E-state index contributed by atoms with van der Waals surface area (Å²) in [5.74, 6) is 1.52. The molecule has 20 heavy (non-hydrogen) atoms. The molecule has 4 nitrogen and oxygen atoms in total. The molecule has 5 heteroatoms. The highest BCUT2D eigenvalue weighted by Gasteiger charge is 2.20. The van der Waals surface area contributed by atoms with Crippen molar-refractivity contribution in [2.75, 3.05) is 31.1 Å². The summed E-state index contributed by atoms with van der Waals surface area (Å²) in [4.78, 5) is 6.73. The van der Waals surface area contributed by atoms with Crippen LogP contribution in [0.3, 0.4) is 0 Å². The average molecular weight is 298 g/mol. The Morgan fingerprint density at radius 3 is 3.00 bits per heavy atom. The summed E-state index contributed by atoms with van der Waals surface area (Å²) in [7, 11) is 0. The van der Waals surface area contributed by atoms with E-state index in [9.17, 15) is 0 Å². The first kappa shape index (κ1) is 15.5. The number of hydrogen-bond donors (Lipinski definition) is 1. The second-order valence-electron chi connectivity index (χ2n) is 5.80. The predicted octanol–water partition coefficient (Wildman–Crippen LogP) is 2.71. The second kappa shape index (κ2) is 7.25. The lowest BCUT2D eigenvalue weighted by Gasteiger charge is -2.32. The number of ether oxygens (including phenoxy) is 1. The van der Waals surface area contributed by atoms with Crippen LogP contribution in [0.5, 0.6) is 0 Å². The van der Waals surface area contributed by atoms with Crippen LogP contribution in [0.2, 0.25) is 5.02 Å². The van der Waals surface area contributed by atoms with Crippen molar-refractivity contribution in [2.45, 2.75) is 33.4 Å². The molecule has 0 bridgehead atoms. The molecule has 2 heterocycles. The molecule has 1 aromatic heterocycles. The van der Waals surface area contributed by atoms with E-state index >= 15 is 0 Å². The van der Waals surface area contributed by atoms with E-state index < -0.39 is 0 Å². The first-order valence-corrected chi connectivity index (χ1v) is 7.65. The SMILES string of the molecule is CC(C)CNCc1cnc(N2CCOC(C)C2)c(Cl)c1. The van der Waals surface area contributed by atoms with Crippen molar-refractivity contribution in [1.29, 1.82) is 0 Å². The summed E-state index contributed by atoms with van der Waals surface area (Å²) < 4.78 is 5.55. The van der Waals surface area contributed by atoms with Gasteiger partial charge in [-0.25, -0.2) is 4.98 Å². The van der Waals surface area contributed by atoms with Crippen LogP contribution in [0.15, 0.2) is 12.3 Å². The van der Waals surface area contributed by atoms with Crippen molar-refractivity contribution >= 4 is 17.4 Å². The Morgan fingerprint density at radius 2 is 2.35 bits per heavy atom. The van der Waals surface area contributed by atoms with Crippen LogP contribution in [0.25, 0.3) is 0 Å². The summed E-state index contributed by atoms with van der Waals surface area (Å²) in [5.41, 5.74) is 1.13. The molecule has 0 radical (unpaired) electrons. The molecule has 1 aliphatic heterocycles. The minimum absolute atomic E-state index is 0.231. The number of pyridine rings is 1. The Balaban J connectivity index is 1.98. The maximum absolute atomic E-state index is 6.38. The van der Waals surface area contributed by atoms with E-state index in [1.54, 1.807) is 0 Å². The third kappa shape index (κ3) is 4.33. The van der Waals surface area contributed by atoms with Gasteiger partial charge >= 0.3 is 0 Å². The van der Waals surface area contributed by atoms with Crippen molar-refractivity contribution in [3.05, 3.63) is 22.8 Å². The smallest absolute Gasteiger partial charge is 0.147 e. The number of hydrogen-bond acceptors (Lipinski definition) is 4. The number of halogens is 1. The van der Waals surface area contributed by atoms with Gasteiger partial charge in [-0.05, 0) is 31.0 Å². The van der Waals surface area contributed by atoms with Crippen molar-refractivity contribution in [3.8, 4) is 0 Å². The van der Waals surface area contributed by atoms with Crippen LogP contribution in [0.4, 0.5) is 5.82 Å². The van der Waals surface area contributed by atoms with E-state index in [0.717, 1.165) is 49.2 Å². The third-order valence-corrected chi connectivity index (χ3v) is 3.58. The molecule has 0 saturated carbocycles. The Morgan fingerprint density at radius 1 is 1.55 bits per heavy atom. The first-order valence-electron chi connectivity index (χ1n) is 7.28. The molecule has 1 atom stereocenters. The maximum Gasteiger partial charge on any atom is 0.147 e. The summed E-state index contributed by atoms with van der Waals surface area (Å²) in [5, 5.41) is 4.13. The quantitative estimate of drug-likeness (QED) is 0.907. The molecular weight excluding hydrogens is 274 g/mol. The molecule has 1 fully saturated rings. The largest absolute Gasteiger partial charge is 0.375 e. The molecule has 1 aromatic rings. The lowest BCUT2D eigenvalue weighted by Crippen LogP contribution is -2.41. The van der Waals surface area contributed by atoms with E-state index in [2.05, 4.69) is 36.0 Å². The topological polar surface area (TPSA) is 37.4 Å². The third-order valence-electron chi connectivity index (χ3n) is 3.30. The Hall–Kier alpha value is -0.840. The van der Waals surface area contributed by atoms with Gasteiger partial charge in [0, 0.05) is 25.8 Å². The number of rotatable bonds is 5. The normalized spacial score (nSPS) is 19.6. The van der Waals surface area contributed by atoms with E-state index in [1.165, 1.54) is 0 Å². The molecule has 1 N–H and O–H groups in total. The van der Waals surface area contributed by atoms with Crippen LogP contribution in [-0.2, 0) is 11.3 Å². The van der Waals surface area contributed by atoms with Crippen LogP contribution in [0.1, 0.15) is 26.3 Å². The monoisotopic (exact) mass is 297 g/mol. The molecule has 112 valence electrons. The summed E-state index contributed by atoms with van der Waals surface area (Å²) >= 11 is 6.38. The van der Waals surface area contributed by atoms with Gasteiger partial charge in [0.25, 0.3) is 0 Å². The molecule has 2 rings (SSSR count). The zero-order chi connectivity index (χ0) is 14.5. The van der Waals surface area contributed by atoms with E-state index in [4.69, 9.17) is 16.3 Å². The van der Waals surface area contributed by atoms with Gasteiger partial charge in [0.15, 0.2) is 0 Å². The summed E-state index contributed by atoms with van der Waals surface area (Å²) in [6, 6.07) is 2.01. The molecule has 0 amide bonds. The fourth-order valence-electron chi connectivity index (χ4n) is 2.32. The fraction of sp³-hybridized carbons (Fsp3) is 0.667. The zero-order valence-electron chi connectivity index (χ0n) is 12.5. The lowest BCUT2D eigenvalue weighted by molar-refractivity contribution is 0.0529. The van der Waals surface area contributed by atoms with Gasteiger partial charge in [0.05, 0.1) is 17.7 Å². The highest BCUT2D eigenvalue weighted by Crippen LogP contribution is 2.25. The lowest BCUT2D eigenvalue weighted by atomic mass is 10.2. The van der Waals surface area contributed by atoms with E-state index in [0.29, 0.717) is 5.92 Å². The molecule has 0 spiro atoms. The van der Waals surface area contributed by atoms with Crippen LogP contribution in [-0.4, -0.2) is 37.3 Å². The Bertz CT molecular complexity index is 439. The van der Waals surface area contributed by atoms with Crippen LogP contribution < -0.4 is 10.2 Å². The van der Waals surface area contributed by atoms with Gasteiger partial charge in [0.2, 0.25) is 0 Å². The van der Waals surface area contributed by atoms with E-state index in [1.807, 2.05) is 12.3 Å². The van der Waals surface area contributed by atoms with Gasteiger partial charge in [-0.1, -0.05) is 25.4 Å². The Kier molecular flexibility index (Phi) is 5.64. The second-order valence-corrected chi connectivity index (χ2v) is 6.21. The average Bonchev–Trinajstić information content (AvgIpc) is 2.38. The molecule has 1 saturated heterocycles. The minimum Gasteiger partial charge on any atom is -0.375 e. The molecule has 0 aliphatic carbocycles. The Labute approximate surface area is 126 Å². The maximum atomic E-state index is 6.38. The summed E-state index contributed by atoms with van der Waals surface area (Å²) in [6.07, 6.45) is 2.14. The number of aromatic nitrogens is 1. The van der Waals surface area contributed by atoms with Gasteiger partial charge in [-0.15, -0.1) is 0 Å². The minimum atomic E-state index is 0.231. The standard InChI is InChI=1S/C15H24ClN3O/c1-11(2)7-17-8-13-6-14(16)15(18-9-13)19-4-5-20-12(3)10-19/h6,9,11-12,17H,4-5,7-8,10H2,1-3H3. The number of anilines is 1. The number of morpholine rings is 1. The summed E-state index contributed by atoms with van der Waals surface area (Å²) in [6.45, 7) is 10.7. The molecule has 1 aliphatic rings. The van der Waals surface area contributed by atoms with Gasteiger partial charge in [-0.3, -0.25) is 0 Å². The molecule has 0 aromatic carbocycles. The highest BCUT2D eigenvalue weighted by atomic mass is 35.5. The van der Waals surface area contributed by atoms with Gasteiger partial charge in [-0.2, -0.15) is 0 Å². The predicted molar refractivity (Wildman–Crippen MR) is 83.4 cm³/mol. The number of nitrogens with zero attached hydrogens (tertiary/aromatic N) is 2. The first-order chi connectivity index (χ1) is 9.56.